The number of benzene rings is 1. The summed E-state index contributed by atoms with van der Waals surface area (Å²) in [5, 5.41) is 15.0. The molecule has 27 heavy (non-hydrogen) atoms. The molecule has 1 aromatic carbocycles. The molecule has 140 valence electrons. The maximum absolute atomic E-state index is 12.3. The van der Waals surface area contributed by atoms with Gasteiger partial charge in [-0.2, -0.15) is 0 Å². The SMILES string of the molecule is Cc1ccc(OCc2nc(CC(=O)NC(CO)c3ccccn3)cs2)cc1. The van der Waals surface area contributed by atoms with E-state index >= 15 is 0 Å². The maximum atomic E-state index is 12.3. The van der Waals surface area contributed by atoms with Crippen molar-refractivity contribution in [1.29, 1.82) is 0 Å². The van der Waals surface area contributed by atoms with E-state index in [9.17, 15) is 9.90 Å². The molecule has 0 saturated heterocycles. The number of amides is 1. The Morgan fingerprint density at radius 3 is 2.78 bits per heavy atom. The first-order valence-corrected chi connectivity index (χ1v) is 9.46. The molecule has 0 saturated carbocycles. The van der Waals surface area contributed by atoms with Gasteiger partial charge in [0.25, 0.3) is 0 Å². The number of aromatic nitrogens is 2. The first-order valence-electron chi connectivity index (χ1n) is 8.58. The van der Waals surface area contributed by atoms with Crippen molar-refractivity contribution >= 4 is 17.2 Å². The van der Waals surface area contributed by atoms with Gasteiger partial charge in [0.2, 0.25) is 5.91 Å². The number of aliphatic hydroxyl groups excluding tert-OH is 1. The Balaban J connectivity index is 1.52. The van der Waals surface area contributed by atoms with Crippen LogP contribution in [0, 0.1) is 6.92 Å². The largest absolute Gasteiger partial charge is 0.486 e. The molecule has 2 N–H and O–H groups in total. The second kappa shape index (κ2) is 9.25. The molecule has 1 amide bonds. The first kappa shape index (κ1) is 19.0. The summed E-state index contributed by atoms with van der Waals surface area (Å²) in [6, 6.07) is 12.7. The zero-order valence-electron chi connectivity index (χ0n) is 15.0. The van der Waals surface area contributed by atoms with Gasteiger partial charge in [-0.25, -0.2) is 4.98 Å². The van der Waals surface area contributed by atoms with Crippen molar-refractivity contribution in [2.75, 3.05) is 6.61 Å². The smallest absolute Gasteiger partial charge is 0.226 e. The number of pyridine rings is 1. The Bertz CT molecular complexity index is 866. The number of carbonyl (C=O) groups is 1. The quantitative estimate of drug-likeness (QED) is 0.625. The molecule has 7 heteroatoms. The Kier molecular flexibility index (Phi) is 6.51. The molecule has 1 unspecified atom stereocenters. The Morgan fingerprint density at radius 2 is 2.07 bits per heavy atom. The van der Waals surface area contributed by atoms with Gasteiger partial charge in [-0.1, -0.05) is 23.8 Å². The van der Waals surface area contributed by atoms with Crippen LogP contribution < -0.4 is 10.1 Å². The summed E-state index contributed by atoms with van der Waals surface area (Å²) in [6.45, 7) is 2.18. The topological polar surface area (TPSA) is 84.3 Å². The number of aryl methyl sites for hydroxylation is 1. The maximum Gasteiger partial charge on any atom is 0.226 e. The van der Waals surface area contributed by atoms with Crippen LogP contribution in [0.15, 0.2) is 54.0 Å². The van der Waals surface area contributed by atoms with Crippen LogP contribution in [0.5, 0.6) is 5.75 Å². The number of thiazole rings is 1. The van der Waals surface area contributed by atoms with Crippen LogP contribution in [0.4, 0.5) is 0 Å². The number of nitrogens with zero attached hydrogens (tertiary/aromatic N) is 2. The van der Waals surface area contributed by atoms with Crippen molar-refractivity contribution in [3.05, 3.63) is 76.0 Å². The lowest BCUT2D eigenvalue weighted by Gasteiger charge is -2.15. The molecule has 0 spiro atoms. The van der Waals surface area contributed by atoms with E-state index in [4.69, 9.17) is 4.74 Å². The number of carbonyl (C=O) groups excluding carboxylic acids is 1. The number of rotatable bonds is 8. The highest BCUT2D eigenvalue weighted by Crippen LogP contribution is 2.17. The minimum Gasteiger partial charge on any atom is -0.486 e. The number of hydrogen-bond donors (Lipinski definition) is 2. The molecular formula is C20H21N3O3S. The van der Waals surface area contributed by atoms with E-state index in [0.717, 1.165) is 10.8 Å². The highest BCUT2D eigenvalue weighted by Gasteiger charge is 2.16. The molecule has 6 nitrogen and oxygen atoms in total. The minimum absolute atomic E-state index is 0.143. The van der Waals surface area contributed by atoms with Crippen LogP contribution in [0.1, 0.15) is 28.0 Å². The molecular weight excluding hydrogens is 362 g/mol. The van der Waals surface area contributed by atoms with Gasteiger partial charge in [0.15, 0.2) is 0 Å². The van der Waals surface area contributed by atoms with E-state index < -0.39 is 6.04 Å². The molecule has 2 aromatic heterocycles. The predicted octanol–water partition coefficient (Wildman–Crippen LogP) is 2.82. The van der Waals surface area contributed by atoms with Gasteiger partial charge in [-0.05, 0) is 31.2 Å². The monoisotopic (exact) mass is 383 g/mol. The lowest BCUT2D eigenvalue weighted by Crippen LogP contribution is -2.32. The summed E-state index contributed by atoms with van der Waals surface area (Å²) < 4.78 is 5.71. The lowest BCUT2D eigenvalue weighted by atomic mass is 10.2. The van der Waals surface area contributed by atoms with Crippen LogP contribution in [-0.2, 0) is 17.8 Å². The first-order chi connectivity index (χ1) is 13.1. The van der Waals surface area contributed by atoms with Gasteiger partial charge in [0.05, 0.1) is 30.5 Å². The fraction of sp³-hybridized carbons (Fsp3) is 0.250. The van der Waals surface area contributed by atoms with Crippen molar-refractivity contribution in [2.24, 2.45) is 0 Å². The molecule has 3 rings (SSSR count). The van der Waals surface area contributed by atoms with E-state index in [0.29, 0.717) is 18.0 Å². The third-order valence-corrected chi connectivity index (χ3v) is 4.76. The van der Waals surface area contributed by atoms with Crippen molar-refractivity contribution in [1.82, 2.24) is 15.3 Å². The van der Waals surface area contributed by atoms with E-state index in [2.05, 4.69) is 15.3 Å². The van der Waals surface area contributed by atoms with Gasteiger partial charge in [0, 0.05) is 11.6 Å². The fourth-order valence-corrected chi connectivity index (χ4v) is 3.19. The van der Waals surface area contributed by atoms with Crippen LogP contribution in [0.2, 0.25) is 0 Å². The molecule has 1 atom stereocenters. The average Bonchev–Trinajstić information content (AvgIpc) is 3.13. The standard InChI is InChI=1S/C20H21N3O3S/c1-14-5-7-16(8-6-14)26-12-20-22-15(13-27-20)10-19(25)23-18(11-24)17-4-2-3-9-21-17/h2-9,13,18,24H,10-12H2,1H3,(H,23,25). The van der Waals surface area contributed by atoms with Gasteiger partial charge in [0.1, 0.15) is 17.4 Å². The zero-order valence-corrected chi connectivity index (χ0v) is 15.8. The molecule has 2 heterocycles. The molecule has 0 aliphatic carbocycles. The second-order valence-corrected chi connectivity index (χ2v) is 7.01. The van der Waals surface area contributed by atoms with E-state index in [-0.39, 0.29) is 18.9 Å². The number of aliphatic hydroxyl groups is 1. The highest BCUT2D eigenvalue weighted by atomic mass is 32.1. The minimum atomic E-state index is -0.526. The molecule has 0 aliphatic heterocycles. The lowest BCUT2D eigenvalue weighted by molar-refractivity contribution is -0.121. The summed E-state index contributed by atoms with van der Waals surface area (Å²) >= 11 is 1.46. The van der Waals surface area contributed by atoms with Crippen LogP contribution in [0.3, 0.4) is 0 Å². The number of ether oxygens (including phenoxy) is 1. The van der Waals surface area contributed by atoms with Crippen LogP contribution >= 0.6 is 11.3 Å². The highest BCUT2D eigenvalue weighted by molar-refractivity contribution is 7.09. The van der Waals surface area contributed by atoms with Gasteiger partial charge in [-0.15, -0.1) is 11.3 Å². The summed E-state index contributed by atoms with van der Waals surface area (Å²) in [5.41, 5.74) is 2.48. The third-order valence-electron chi connectivity index (χ3n) is 3.89. The summed E-state index contributed by atoms with van der Waals surface area (Å²) in [5.74, 6) is 0.576. The average molecular weight is 383 g/mol. The summed E-state index contributed by atoms with van der Waals surface area (Å²) in [4.78, 5) is 20.9. The van der Waals surface area contributed by atoms with Gasteiger partial charge >= 0.3 is 0 Å². The molecule has 0 radical (unpaired) electrons. The van der Waals surface area contributed by atoms with Gasteiger partial charge in [-0.3, -0.25) is 9.78 Å². The fourth-order valence-electron chi connectivity index (χ4n) is 2.48. The van der Waals surface area contributed by atoms with E-state index in [1.165, 1.54) is 16.9 Å². The van der Waals surface area contributed by atoms with E-state index in [1.807, 2.05) is 42.6 Å². The molecule has 0 aliphatic rings. The summed E-state index contributed by atoms with van der Waals surface area (Å²) in [7, 11) is 0. The zero-order chi connectivity index (χ0) is 19.1. The number of hydrogen-bond acceptors (Lipinski definition) is 6. The Hall–Kier alpha value is -2.77. The molecule has 0 fully saturated rings. The number of nitrogens with one attached hydrogen (secondary N) is 1. The van der Waals surface area contributed by atoms with Crippen LogP contribution in [-0.4, -0.2) is 27.6 Å². The van der Waals surface area contributed by atoms with Crippen molar-refractivity contribution in [2.45, 2.75) is 26.0 Å². The Labute approximate surface area is 161 Å². The second-order valence-electron chi connectivity index (χ2n) is 6.07. The normalized spacial score (nSPS) is 11.8. The van der Waals surface area contributed by atoms with Gasteiger partial charge < -0.3 is 15.2 Å². The molecule has 3 aromatic rings. The Morgan fingerprint density at radius 1 is 1.26 bits per heavy atom. The van der Waals surface area contributed by atoms with Crippen molar-refractivity contribution in [3.8, 4) is 5.75 Å². The van der Waals surface area contributed by atoms with E-state index in [1.54, 1.807) is 18.3 Å². The summed E-state index contributed by atoms with van der Waals surface area (Å²) in [6.07, 6.45) is 1.77. The van der Waals surface area contributed by atoms with Crippen molar-refractivity contribution in [3.63, 3.8) is 0 Å². The predicted molar refractivity (Wildman–Crippen MR) is 104 cm³/mol. The third kappa shape index (κ3) is 5.60. The van der Waals surface area contributed by atoms with Crippen LogP contribution in [0.25, 0.3) is 0 Å². The van der Waals surface area contributed by atoms with Crippen molar-refractivity contribution < 1.29 is 14.6 Å². The molecule has 0 bridgehead atoms.